The molecule has 126 valence electrons. The molecular weight excluding hydrogens is 324 g/mol. The van der Waals surface area contributed by atoms with Crippen molar-refractivity contribution in [3.8, 4) is 0 Å². The van der Waals surface area contributed by atoms with Gasteiger partial charge in [-0.25, -0.2) is 13.2 Å². The second-order valence-corrected chi connectivity index (χ2v) is 8.12. The van der Waals surface area contributed by atoms with Crippen LogP contribution < -0.4 is 0 Å². The molecule has 0 aromatic heterocycles. The Kier molecular flexibility index (Phi) is 3.75. The summed E-state index contributed by atoms with van der Waals surface area (Å²) in [7, 11) is -3.00. The van der Waals surface area contributed by atoms with Crippen molar-refractivity contribution in [3.05, 3.63) is 29.8 Å². The lowest BCUT2D eigenvalue weighted by molar-refractivity contribution is -0.166. The van der Waals surface area contributed by atoms with Crippen molar-refractivity contribution < 1.29 is 32.9 Å². The van der Waals surface area contributed by atoms with Gasteiger partial charge in [-0.2, -0.15) is 0 Å². The summed E-state index contributed by atoms with van der Waals surface area (Å²) in [4.78, 5) is 12.1. The quantitative estimate of drug-likeness (QED) is 0.566. The summed E-state index contributed by atoms with van der Waals surface area (Å²) in [5.74, 6) is -1.07. The van der Waals surface area contributed by atoms with Gasteiger partial charge in [0.1, 0.15) is 17.5 Å². The minimum Gasteiger partial charge on any atom is -0.467 e. The highest BCUT2D eigenvalue weighted by Crippen LogP contribution is 2.47. The number of aliphatic hydroxyl groups excluding tert-OH is 1. The summed E-state index contributed by atoms with van der Waals surface area (Å²) in [6.07, 6.45) is -3.19. The number of methoxy groups -OCH3 is 1. The van der Waals surface area contributed by atoms with E-state index in [2.05, 4.69) is 4.74 Å². The Hall–Kier alpha value is -1.48. The molecule has 1 aliphatic heterocycles. The van der Waals surface area contributed by atoms with Crippen molar-refractivity contribution in [1.82, 2.24) is 0 Å². The number of ether oxygens (including phenoxy) is 2. The number of esters is 1. The van der Waals surface area contributed by atoms with Crippen molar-refractivity contribution in [3.63, 3.8) is 0 Å². The minimum atomic E-state index is -4.07. The zero-order chi connectivity index (χ0) is 17.0. The van der Waals surface area contributed by atoms with Gasteiger partial charge in [-0.3, -0.25) is 0 Å². The molecule has 7 nitrogen and oxygen atoms in total. The maximum absolute atomic E-state index is 12.9. The number of aliphatic hydroxyl groups is 2. The van der Waals surface area contributed by atoms with Gasteiger partial charge in [-0.1, -0.05) is 17.7 Å². The van der Waals surface area contributed by atoms with E-state index >= 15 is 0 Å². The molecule has 1 aromatic carbocycles. The number of epoxide rings is 1. The first-order chi connectivity index (χ1) is 10.7. The summed E-state index contributed by atoms with van der Waals surface area (Å²) in [6.45, 7) is 1.81. The summed E-state index contributed by atoms with van der Waals surface area (Å²) >= 11 is 0. The fraction of sp³-hybridized carbons (Fsp3) is 0.533. The number of hydrogen-bond acceptors (Lipinski definition) is 7. The van der Waals surface area contributed by atoms with Gasteiger partial charge in [-0.05, 0) is 25.5 Å². The highest BCUT2D eigenvalue weighted by molar-refractivity contribution is 7.92. The molecule has 1 heterocycles. The van der Waals surface area contributed by atoms with Crippen LogP contribution in [0.15, 0.2) is 29.2 Å². The molecule has 1 saturated heterocycles. The number of fused-ring (bicyclic) bond motifs is 1. The second-order valence-electron chi connectivity index (χ2n) is 5.99. The van der Waals surface area contributed by atoms with Gasteiger partial charge in [0.05, 0.1) is 18.1 Å². The van der Waals surface area contributed by atoms with E-state index in [4.69, 9.17) is 4.74 Å². The maximum Gasteiger partial charge on any atom is 0.342 e. The van der Waals surface area contributed by atoms with Crippen molar-refractivity contribution in [1.29, 1.82) is 0 Å². The van der Waals surface area contributed by atoms with E-state index in [1.54, 1.807) is 12.1 Å². The lowest BCUT2D eigenvalue weighted by atomic mass is 9.83. The van der Waals surface area contributed by atoms with Crippen molar-refractivity contribution in [2.24, 2.45) is 0 Å². The summed E-state index contributed by atoms with van der Waals surface area (Å²) < 4.78 is 35.6. The van der Waals surface area contributed by atoms with Crippen LogP contribution in [-0.4, -0.2) is 60.9 Å². The Bertz CT molecular complexity index is 727. The maximum atomic E-state index is 12.9. The normalized spacial score (nSPS) is 36.2. The molecule has 8 heteroatoms. The molecule has 0 amide bonds. The lowest BCUT2D eigenvalue weighted by Crippen LogP contribution is -2.62. The van der Waals surface area contributed by atoms with E-state index < -0.39 is 45.0 Å². The minimum absolute atomic E-state index is 0.0262. The van der Waals surface area contributed by atoms with Gasteiger partial charge in [0, 0.05) is 0 Å². The van der Waals surface area contributed by atoms with E-state index in [9.17, 15) is 23.4 Å². The molecule has 2 N–H and O–H groups in total. The first-order valence-corrected chi connectivity index (χ1v) is 8.72. The highest BCUT2D eigenvalue weighted by Gasteiger charge is 2.71. The molecular formula is C15H18O7S. The van der Waals surface area contributed by atoms with Crippen LogP contribution in [0.1, 0.15) is 12.0 Å². The molecule has 2 aliphatic rings. The third kappa shape index (κ3) is 2.37. The lowest BCUT2D eigenvalue weighted by Gasteiger charge is -2.36. The number of aryl methyl sites for hydroxylation is 1. The average molecular weight is 342 g/mol. The molecule has 3 rings (SSSR count). The first kappa shape index (κ1) is 16.4. The van der Waals surface area contributed by atoms with Crippen LogP contribution in [0.2, 0.25) is 0 Å². The molecule has 1 aromatic rings. The average Bonchev–Trinajstić information content (AvgIpc) is 3.32. The fourth-order valence-corrected chi connectivity index (χ4v) is 5.15. The van der Waals surface area contributed by atoms with Crippen molar-refractivity contribution >= 4 is 15.8 Å². The predicted molar refractivity (Wildman–Crippen MR) is 78.4 cm³/mol. The van der Waals surface area contributed by atoms with E-state index in [0.717, 1.165) is 12.7 Å². The number of rotatable bonds is 3. The summed E-state index contributed by atoms with van der Waals surface area (Å²) in [5.41, 5.74) is -1.45. The van der Waals surface area contributed by atoms with Gasteiger partial charge in [-0.15, -0.1) is 0 Å². The zero-order valence-corrected chi connectivity index (χ0v) is 13.5. The van der Waals surface area contributed by atoms with Crippen LogP contribution in [-0.2, 0) is 24.1 Å². The predicted octanol–water partition coefficient (Wildman–Crippen LogP) is -0.427. The van der Waals surface area contributed by atoms with Crippen molar-refractivity contribution in [2.45, 2.75) is 47.4 Å². The molecule has 5 atom stereocenters. The highest BCUT2D eigenvalue weighted by atomic mass is 32.2. The van der Waals surface area contributed by atoms with Gasteiger partial charge < -0.3 is 19.7 Å². The number of hydrogen-bond donors (Lipinski definition) is 2. The van der Waals surface area contributed by atoms with Gasteiger partial charge >= 0.3 is 5.97 Å². The van der Waals surface area contributed by atoms with Crippen LogP contribution in [0.4, 0.5) is 0 Å². The van der Waals surface area contributed by atoms with Crippen LogP contribution >= 0.6 is 0 Å². The number of carbonyl (C=O) groups is 1. The third-order valence-corrected chi connectivity index (χ3v) is 6.75. The fourth-order valence-electron chi connectivity index (χ4n) is 3.15. The molecule has 1 saturated carbocycles. The standard InChI is InChI=1S/C15H18O7S/c1-8-3-5-9(6-4-8)23(19,20)11-7-10(16)12-13(22-12)15(11,18)14(17)21-2/h3-6,10-13,16,18H,7H2,1-2H3/t10-,11+,12-,13-,15-/m0/s1. The molecule has 2 fully saturated rings. The SMILES string of the molecule is COC(=O)[C@]1(O)[C@H](S(=O)(=O)c2ccc(C)cc2)C[C@H](O)[C@@H]2O[C@@H]21. The molecule has 0 unspecified atom stereocenters. The first-order valence-electron chi connectivity index (χ1n) is 7.17. The van der Waals surface area contributed by atoms with Gasteiger partial charge in [0.2, 0.25) is 5.60 Å². The molecule has 0 radical (unpaired) electrons. The van der Waals surface area contributed by atoms with E-state index in [1.807, 2.05) is 6.92 Å². The number of sulfone groups is 1. The molecule has 0 bridgehead atoms. The third-order valence-electron chi connectivity index (χ3n) is 4.52. The van der Waals surface area contributed by atoms with Crippen LogP contribution in [0.25, 0.3) is 0 Å². The zero-order valence-electron chi connectivity index (χ0n) is 12.7. The summed E-state index contributed by atoms with van der Waals surface area (Å²) in [6, 6.07) is 6.07. The number of carbonyl (C=O) groups excluding carboxylic acids is 1. The van der Waals surface area contributed by atoms with Gasteiger partial charge in [0.25, 0.3) is 0 Å². The Balaban J connectivity index is 2.07. The Labute approximate surface area is 133 Å². The Morgan fingerprint density at radius 3 is 2.52 bits per heavy atom. The Morgan fingerprint density at radius 1 is 1.35 bits per heavy atom. The second kappa shape index (κ2) is 5.27. The van der Waals surface area contributed by atoms with Gasteiger partial charge in [0.15, 0.2) is 9.84 Å². The largest absolute Gasteiger partial charge is 0.467 e. The molecule has 0 spiro atoms. The molecule has 23 heavy (non-hydrogen) atoms. The Morgan fingerprint density at radius 2 is 1.96 bits per heavy atom. The molecule has 1 aliphatic carbocycles. The smallest absolute Gasteiger partial charge is 0.342 e. The van der Waals surface area contributed by atoms with E-state index in [1.165, 1.54) is 12.1 Å². The topological polar surface area (TPSA) is 113 Å². The van der Waals surface area contributed by atoms with Crippen LogP contribution in [0, 0.1) is 6.92 Å². The van der Waals surface area contributed by atoms with Crippen LogP contribution in [0.3, 0.4) is 0 Å². The monoisotopic (exact) mass is 342 g/mol. The van der Waals surface area contributed by atoms with Crippen LogP contribution in [0.5, 0.6) is 0 Å². The van der Waals surface area contributed by atoms with Crippen molar-refractivity contribution in [2.75, 3.05) is 7.11 Å². The van der Waals surface area contributed by atoms with E-state index in [0.29, 0.717) is 0 Å². The number of benzene rings is 1. The van der Waals surface area contributed by atoms with E-state index in [-0.39, 0.29) is 11.3 Å². The summed E-state index contributed by atoms with van der Waals surface area (Å²) in [5, 5.41) is 19.2.